The van der Waals surface area contributed by atoms with E-state index >= 15 is 0 Å². The Balaban J connectivity index is 2.06. The van der Waals surface area contributed by atoms with Crippen molar-refractivity contribution in [2.24, 2.45) is 0 Å². The van der Waals surface area contributed by atoms with Crippen LogP contribution in [0.25, 0.3) is 0 Å². The number of benzene rings is 1. The Bertz CT molecular complexity index is 417. The molecule has 0 aliphatic carbocycles. The molecule has 115 valence electrons. The van der Waals surface area contributed by atoms with Crippen molar-refractivity contribution in [1.82, 2.24) is 5.32 Å². The number of carbonyl (C=O) groups is 2. The van der Waals surface area contributed by atoms with Gasteiger partial charge in [0.2, 0.25) is 5.91 Å². The van der Waals surface area contributed by atoms with Crippen LogP contribution < -0.4 is 10.1 Å². The van der Waals surface area contributed by atoms with E-state index in [2.05, 4.69) is 12.2 Å². The summed E-state index contributed by atoms with van der Waals surface area (Å²) in [6.07, 6.45) is 7.94. The number of hydrogen-bond donors (Lipinski definition) is 1. The van der Waals surface area contributed by atoms with Crippen LogP contribution in [0.2, 0.25) is 0 Å². The van der Waals surface area contributed by atoms with E-state index in [1.807, 2.05) is 6.07 Å². The summed E-state index contributed by atoms with van der Waals surface area (Å²) in [5, 5.41) is 2.69. The van der Waals surface area contributed by atoms with Gasteiger partial charge in [0.1, 0.15) is 5.75 Å². The Kier molecular flexibility index (Phi) is 8.93. The van der Waals surface area contributed by atoms with E-state index < -0.39 is 11.9 Å². The number of hydrogen-bond acceptors (Lipinski definition) is 3. The highest BCUT2D eigenvalue weighted by atomic mass is 16.5. The van der Waals surface area contributed by atoms with E-state index in [0.29, 0.717) is 12.3 Å². The molecular formula is C17H24NO3. The van der Waals surface area contributed by atoms with Crippen LogP contribution in [-0.2, 0) is 9.59 Å². The molecule has 0 spiro atoms. The molecular weight excluding hydrogens is 266 g/mol. The molecule has 0 saturated carbocycles. The minimum absolute atomic E-state index is 0.399. The van der Waals surface area contributed by atoms with Gasteiger partial charge in [-0.05, 0) is 18.6 Å². The fourth-order valence-electron chi connectivity index (χ4n) is 1.91. The van der Waals surface area contributed by atoms with Crippen molar-refractivity contribution in [2.75, 3.05) is 6.54 Å². The molecule has 1 aromatic carbocycles. The molecule has 1 aromatic rings. The van der Waals surface area contributed by atoms with Crippen LogP contribution in [-0.4, -0.2) is 18.4 Å². The third-order valence-corrected chi connectivity index (χ3v) is 3.04. The predicted octanol–water partition coefficient (Wildman–Crippen LogP) is 3.27. The maximum atomic E-state index is 11.5. The van der Waals surface area contributed by atoms with Crippen molar-refractivity contribution in [1.29, 1.82) is 0 Å². The summed E-state index contributed by atoms with van der Waals surface area (Å²) in [6.45, 7) is 2.78. The van der Waals surface area contributed by atoms with Gasteiger partial charge in [-0.3, -0.25) is 9.59 Å². The second kappa shape index (κ2) is 10.9. The molecule has 0 saturated heterocycles. The number of carbonyl (C=O) groups excluding carboxylic acids is 2. The quantitative estimate of drug-likeness (QED) is 0.311. The van der Waals surface area contributed by atoms with Gasteiger partial charge in [0.15, 0.2) is 6.42 Å². The monoisotopic (exact) mass is 290 g/mol. The maximum absolute atomic E-state index is 11.5. The zero-order valence-electron chi connectivity index (χ0n) is 12.6. The van der Waals surface area contributed by atoms with Crippen LogP contribution in [0.1, 0.15) is 45.4 Å². The van der Waals surface area contributed by atoms with Gasteiger partial charge in [-0.15, -0.1) is 0 Å². The fourth-order valence-corrected chi connectivity index (χ4v) is 1.91. The van der Waals surface area contributed by atoms with E-state index in [4.69, 9.17) is 4.74 Å². The largest absolute Gasteiger partial charge is 0.426 e. The number of ether oxygens (including phenoxy) is 1. The fraction of sp³-hybridized carbons (Fsp3) is 0.471. The summed E-state index contributed by atoms with van der Waals surface area (Å²) in [5.74, 6) is -0.617. The highest BCUT2D eigenvalue weighted by molar-refractivity contribution is 6.06. The molecule has 1 amide bonds. The highest BCUT2D eigenvalue weighted by Crippen LogP contribution is 2.09. The van der Waals surface area contributed by atoms with Gasteiger partial charge in [0.05, 0.1) is 0 Å². The number of para-hydroxylation sites is 1. The molecule has 0 atom stereocenters. The first-order valence-corrected chi connectivity index (χ1v) is 7.62. The van der Waals surface area contributed by atoms with Gasteiger partial charge in [-0.1, -0.05) is 57.2 Å². The third kappa shape index (κ3) is 8.84. The van der Waals surface area contributed by atoms with Crippen LogP contribution in [0.4, 0.5) is 0 Å². The van der Waals surface area contributed by atoms with Crippen LogP contribution >= 0.6 is 0 Å². The summed E-state index contributed by atoms with van der Waals surface area (Å²) < 4.78 is 5.00. The lowest BCUT2D eigenvalue weighted by Gasteiger charge is -2.05. The Morgan fingerprint density at radius 2 is 1.71 bits per heavy atom. The number of amides is 1. The first kappa shape index (κ1) is 17.2. The lowest BCUT2D eigenvalue weighted by atomic mass is 10.1. The van der Waals surface area contributed by atoms with Crippen LogP contribution in [0.5, 0.6) is 5.75 Å². The van der Waals surface area contributed by atoms with Crippen molar-refractivity contribution in [3.63, 3.8) is 0 Å². The van der Waals surface area contributed by atoms with E-state index in [1.54, 1.807) is 24.3 Å². The Morgan fingerprint density at radius 3 is 2.43 bits per heavy atom. The second-order valence-corrected chi connectivity index (χ2v) is 4.94. The molecule has 0 heterocycles. The number of rotatable bonds is 10. The topological polar surface area (TPSA) is 55.4 Å². The molecule has 1 rings (SSSR count). The van der Waals surface area contributed by atoms with Gasteiger partial charge in [0.25, 0.3) is 0 Å². The SMILES string of the molecule is CCCCCCCCNC(=O)[CH]C(=O)Oc1ccccc1. The molecule has 21 heavy (non-hydrogen) atoms. The molecule has 0 aliphatic heterocycles. The first-order valence-electron chi connectivity index (χ1n) is 7.62. The molecule has 0 fully saturated rings. The summed E-state index contributed by atoms with van der Waals surface area (Å²) in [4.78, 5) is 23.0. The molecule has 4 heteroatoms. The third-order valence-electron chi connectivity index (χ3n) is 3.04. The van der Waals surface area contributed by atoms with Crippen LogP contribution in [0.15, 0.2) is 30.3 Å². The van der Waals surface area contributed by atoms with Gasteiger partial charge in [-0.25, -0.2) is 0 Å². The van der Waals surface area contributed by atoms with Crippen LogP contribution in [0, 0.1) is 6.42 Å². The summed E-state index contributed by atoms with van der Waals surface area (Å²) in [7, 11) is 0. The van der Waals surface area contributed by atoms with Crippen molar-refractivity contribution >= 4 is 11.9 Å². The average molecular weight is 290 g/mol. The van der Waals surface area contributed by atoms with E-state index in [0.717, 1.165) is 19.3 Å². The van der Waals surface area contributed by atoms with Crippen LogP contribution in [0.3, 0.4) is 0 Å². The molecule has 0 bridgehead atoms. The minimum atomic E-state index is -0.651. The standard InChI is InChI=1S/C17H24NO3/c1-2-3-4-5-6-10-13-18-16(19)14-17(20)21-15-11-8-7-9-12-15/h7-9,11-12,14H,2-6,10,13H2,1H3,(H,18,19). The van der Waals surface area contributed by atoms with E-state index in [9.17, 15) is 9.59 Å². The van der Waals surface area contributed by atoms with Crippen molar-refractivity contribution < 1.29 is 14.3 Å². The number of nitrogens with one attached hydrogen (secondary N) is 1. The Hall–Kier alpha value is -1.84. The van der Waals surface area contributed by atoms with Crippen molar-refractivity contribution in [3.8, 4) is 5.75 Å². The molecule has 1 N–H and O–H groups in total. The summed E-state index contributed by atoms with van der Waals surface area (Å²) in [6, 6.07) is 8.69. The zero-order valence-corrected chi connectivity index (χ0v) is 12.6. The average Bonchev–Trinajstić information content (AvgIpc) is 2.47. The normalized spacial score (nSPS) is 10.1. The van der Waals surface area contributed by atoms with E-state index in [1.165, 1.54) is 25.7 Å². The molecule has 0 aliphatic rings. The van der Waals surface area contributed by atoms with Gasteiger partial charge >= 0.3 is 5.97 Å². The minimum Gasteiger partial charge on any atom is -0.426 e. The maximum Gasteiger partial charge on any atom is 0.325 e. The van der Waals surface area contributed by atoms with Gasteiger partial charge in [0, 0.05) is 6.54 Å². The lowest BCUT2D eigenvalue weighted by Crippen LogP contribution is -2.28. The lowest BCUT2D eigenvalue weighted by molar-refractivity contribution is -0.133. The predicted molar refractivity (Wildman–Crippen MR) is 82.8 cm³/mol. The number of unbranched alkanes of at least 4 members (excludes halogenated alkanes) is 5. The molecule has 4 nitrogen and oxygen atoms in total. The molecule has 1 radical (unpaired) electrons. The smallest absolute Gasteiger partial charge is 0.325 e. The van der Waals surface area contributed by atoms with Gasteiger partial charge in [-0.2, -0.15) is 0 Å². The Labute approximate surface area is 126 Å². The first-order chi connectivity index (χ1) is 10.2. The highest BCUT2D eigenvalue weighted by Gasteiger charge is 2.11. The Morgan fingerprint density at radius 1 is 1.05 bits per heavy atom. The summed E-state index contributed by atoms with van der Waals surface area (Å²) >= 11 is 0. The van der Waals surface area contributed by atoms with Gasteiger partial charge < -0.3 is 10.1 Å². The molecule has 0 aromatic heterocycles. The second-order valence-electron chi connectivity index (χ2n) is 4.94. The number of esters is 1. The van der Waals surface area contributed by atoms with Crippen molar-refractivity contribution in [2.45, 2.75) is 45.4 Å². The van der Waals surface area contributed by atoms with Crippen molar-refractivity contribution in [3.05, 3.63) is 36.8 Å². The molecule has 0 unspecified atom stereocenters. The van der Waals surface area contributed by atoms with E-state index in [-0.39, 0.29) is 0 Å². The summed E-state index contributed by atoms with van der Waals surface area (Å²) in [5.41, 5.74) is 0. The zero-order chi connectivity index (χ0) is 15.3.